The topological polar surface area (TPSA) is 156 Å². The van der Waals surface area contributed by atoms with Gasteiger partial charge in [0, 0.05) is 47.9 Å². The Morgan fingerprint density at radius 1 is 1.30 bits per heavy atom. The van der Waals surface area contributed by atoms with E-state index >= 15 is 0 Å². The number of aromatic nitrogens is 1. The number of hydrogen-bond acceptors (Lipinski definition) is 10. The molecule has 11 nitrogen and oxygen atoms in total. The molecule has 4 rings (SSSR count). The van der Waals surface area contributed by atoms with Crippen LogP contribution in [0.15, 0.2) is 67.8 Å². The molecule has 0 saturated heterocycles. The Hall–Kier alpha value is -4.71. The highest BCUT2D eigenvalue weighted by molar-refractivity contribution is 6.31. The van der Waals surface area contributed by atoms with Crippen LogP contribution in [0.5, 0.6) is 0 Å². The maximum absolute atomic E-state index is 14.4. The number of ether oxygens (including phenoxy) is 1. The van der Waals surface area contributed by atoms with Crippen molar-refractivity contribution < 1.29 is 23.1 Å². The number of methoxy groups -OCH3 is 1. The van der Waals surface area contributed by atoms with Crippen LogP contribution in [0.1, 0.15) is 34.5 Å². The predicted octanol–water partition coefficient (Wildman–Crippen LogP) is 3.76. The molecule has 3 aromatic rings. The molecule has 2 heterocycles. The van der Waals surface area contributed by atoms with Gasteiger partial charge in [-0.05, 0) is 37.6 Å². The number of nitrogens with zero attached hydrogens (tertiary/aromatic N) is 3. The van der Waals surface area contributed by atoms with Gasteiger partial charge in [-0.3, -0.25) is 15.1 Å². The number of carbonyl (C=O) groups is 2. The minimum absolute atomic E-state index is 0.0666. The average molecular weight is 568 g/mol. The number of aryl methyl sites for hydroxylation is 1. The molecule has 0 aliphatic carbocycles. The van der Waals surface area contributed by atoms with Crippen LogP contribution in [0.3, 0.4) is 0 Å². The Bertz CT molecular complexity index is 1610. The monoisotopic (exact) mass is 567 g/mol. The molecular weight excluding hydrogens is 541 g/mol. The van der Waals surface area contributed by atoms with E-state index in [-0.39, 0.29) is 35.2 Å². The maximum atomic E-state index is 14.4. The highest BCUT2D eigenvalue weighted by Crippen LogP contribution is 2.35. The van der Waals surface area contributed by atoms with E-state index in [9.17, 15) is 14.0 Å². The van der Waals surface area contributed by atoms with Crippen molar-refractivity contribution in [2.45, 2.75) is 19.9 Å². The van der Waals surface area contributed by atoms with Crippen molar-refractivity contribution in [3.8, 4) is 0 Å². The van der Waals surface area contributed by atoms with Crippen LogP contribution in [-0.4, -0.2) is 49.7 Å². The van der Waals surface area contributed by atoms with E-state index in [2.05, 4.69) is 30.7 Å². The number of aliphatic imine (C=N–C) groups is 2. The lowest BCUT2D eigenvalue weighted by Crippen LogP contribution is -2.39. The molecule has 5 N–H and O–H groups in total. The number of fused-ring (bicyclic) bond motifs is 1. The zero-order chi connectivity index (χ0) is 29.0. The Labute approximate surface area is 234 Å². The number of guanidine groups is 1. The number of carbonyl (C=O) groups excluding carboxylic acids is 2. The summed E-state index contributed by atoms with van der Waals surface area (Å²) in [5.74, 6) is -1.92. The number of rotatable bonds is 7. The van der Waals surface area contributed by atoms with Crippen LogP contribution in [0, 0.1) is 12.7 Å². The second-order valence-corrected chi connectivity index (χ2v) is 9.19. The Morgan fingerprint density at radius 3 is 2.75 bits per heavy atom. The average Bonchev–Trinajstić information content (AvgIpc) is 3.32. The van der Waals surface area contributed by atoms with Crippen LogP contribution >= 0.6 is 11.6 Å². The van der Waals surface area contributed by atoms with Gasteiger partial charge in [0.25, 0.3) is 5.91 Å². The molecule has 2 aromatic carbocycles. The van der Waals surface area contributed by atoms with Gasteiger partial charge in [-0.2, -0.15) is 4.98 Å². The molecular formula is C27H27ClFN7O4. The summed E-state index contributed by atoms with van der Waals surface area (Å²) in [6.07, 6.45) is 2.91. The van der Waals surface area contributed by atoms with E-state index in [4.69, 9.17) is 26.7 Å². The molecule has 1 unspecified atom stereocenters. The fourth-order valence-corrected chi connectivity index (χ4v) is 4.46. The van der Waals surface area contributed by atoms with Crippen molar-refractivity contribution in [2.24, 2.45) is 15.7 Å². The predicted molar refractivity (Wildman–Crippen MR) is 151 cm³/mol. The largest absolute Gasteiger partial charge is 0.465 e. The molecule has 1 aliphatic heterocycles. The molecule has 0 bridgehead atoms. The second-order valence-electron chi connectivity index (χ2n) is 8.79. The fourth-order valence-electron chi connectivity index (χ4n) is 4.12. The van der Waals surface area contributed by atoms with Crippen molar-refractivity contribution >= 4 is 52.8 Å². The highest BCUT2D eigenvalue weighted by Gasteiger charge is 2.31. The molecule has 0 fully saturated rings. The van der Waals surface area contributed by atoms with Crippen LogP contribution in [0.25, 0.3) is 11.1 Å². The molecule has 1 amide bonds. The van der Waals surface area contributed by atoms with E-state index in [1.807, 2.05) is 13.0 Å². The smallest absolute Gasteiger partial charge is 0.344 e. The molecule has 0 radical (unpaired) electrons. The van der Waals surface area contributed by atoms with Crippen LogP contribution in [-0.2, 0) is 9.53 Å². The van der Waals surface area contributed by atoms with Gasteiger partial charge in [-0.1, -0.05) is 23.7 Å². The molecule has 1 atom stereocenters. The standard InChI is InChI=1S/C27H27ClFN7O4/c1-13-5-6-16(17(28)9-13)22-20(24(37)32-12-15(10-30)11-31-3)14(2)33-26(35-22)36-27-34-19-8-7-18(29)21(23(19)40-27)25(38)39-4/h5-11,22H,12,30H2,1-4H3,(H,32,37)(H2,33,34,35,36)/b15-10+,31-11?. The van der Waals surface area contributed by atoms with Crippen molar-refractivity contribution in [2.75, 3.05) is 26.0 Å². The minimum Gasteiger partial charge on any atom is -0.465 e. The molecule has 1 aromatic heterocycles. The van der Waals surface area contributed by atoms with Gasteiger partial charge in [0.1, 0.15) is 22.9 Å². The number of nitrogens with two attached hydrogens (primary N) is 1. The number of esters is 1. The number of hydrogen-bond donors (Lipinski definition) is 4. The van der Waals surface area contributed by atoms with Gasteiger partial charge in [0.15, 0.2) is 5.58 Å². The molecule has 13 heteroatoms. The number of amides is 1. The Morgan fingerprint density at radius 2 is 2.08 bits per heavy atom. The van der Waals surface area contributed by atoms with Gasteiger partial charge in [-0.25, -0.2) is 14.2 Å². The van der Waals surface area contributed by atoms with E-state index in [0.29, 0.717) is 27.4 Å². The third-order valence-corrected chi connectivity index (χ3v) is 6.35. The second kappa shape index (κ2) is 12.0. The first-order valence-electron chi connectivity index (χ1n) is 12.0. The normalized spacial score (nSPS) is 15.7. The number of anilines is 1. The third kappa shape index (κ3) is 5.81. The van der Waals surface area contributed by atoms with Gasteiger partial charge in [0.2, 0.25) is 5.96 Å². The molecule has 40 heavy (non-hydrogen) atoms. The minimum atomic E-state index is -0.903. The van der Waals surface area contributed by atoms with Crippen LogP contribution in [0.2, 0.25) is 5.02 Å². The van der Waals surface area contributed by atoms with E-state index in [0.717, 1.165) is 18.7 Å². The summed E-state index contributed by atoms with van der Waals surface area (Å²) in [6, 6.07) is 7.04. The maximum Gasteiger partial charge on any atom is 0.344 e. The first kappa shape index (κ1) is 28.3. The van der Waals surface area contributed by atoms with Crippen molar-refractivity contribution in [3.05, 3.63) is 80.9 Å². The Kier molecular flexibility index (Phi) is 8.49. The molecule has 0 saturated carbocycles. The number of nitrogens with one attached hydrogen (secondary N) is 3. The molecule has 208 valence electrons. The first-order chi connectivity index (χ1) is 19.2. The van der Waals surface area contributed by atoms with Crippen LogP contribution in [0.4, 0.5) is 10.4 Å². The van der Waals surface area contributed by atoms with Crippen LogP contribution < -0.4 is 21.7 Å². The molecule has 0 spiro atoms. The summed E-state index contributed by atoms with van der Waals surface area (Å²) < 4.78 is 24.7. The van der Waals surface area contributed by atoms with E-state index in [1.165, 1.54) is 12.3 Å². The van der Waals surface area contributed by atoms with Gasteiger partial charge < -0.3 is 25.5 Å². The quantitative estimate of drug-likeness (QED) is 0.248. The summed E-state index contributed by atoms with van der Waals surface area (Å²) in [6.45, 7) is 3.76. The zero-order valence-corrected chi connectivity index (χ0v) is 22.9. The van der Waals surface area contributed by atoms with E-state index < -0.39 is 23.7 Å². The highest BCUT2D eigenvalue weighted by atomic mass is 35.5. The van der Waals surface area contributed by atoms with Gasteiger partial charge >= 0.3 is 12.0 Å². The number of halogens is 2. The van der Waals surface area contributed by atoms with Crippen molar-refractivity contribution in [1.82, 2.24) is 15.6 Å². The van der Waals surface area contributed by atoms with Gasteiger partial charge in [0.05, 0.1) is 12.7 Å². The first-order valence-corrected chi connectivity index (χ1v) is 12.4. The van der Waals surface area contributed by atoms with Crippen molar-refractivity contribution in [3.63, 3.8) is 0 Å². The number of benzene rings is 2. The number of allylic oxidation sites excluding steroid dienone is 1. The summed E-state index contributed by atoms with van der Waals surface area (Å²) in [4.78, 5) is 38.4. The third-order valence-electron chi connectivity index (χ3n) is 6.02. The summed E-state index contributed by atoms with van der Waals surface area (Å²) in [5.41, 5.74) is 8.35. The fraction of sp³-hybridized carbons (Fsp3) is 0.222. The SMILES string of the molecule is CN=C/C(=C\N)CNC(=O)C1=C(C)NC(Nc2nc3ccc(F)c(C(=O)OC)c3o2)=NC1c1ccc(C)cc1Cl. The Balaban J connectivity index is 1.70. The number of oxazole rings is 1. The van der Waals surface area contributed by atoms with Gasteiger partial charge in [-0.15, -0.1) is 0 Å². The lowest BCUT2D eigenvalue weighted by molar-refractivity contribution is -0.117. The molecule has 1 aliphatic rings. The summed E-state index contributed by atoms with van der Waals surface area (Å²) >= 11 is 6.59. The summed E-state index contributed by atoms with van der Waals surface area (Å²) in [7, 11) is 2.74. The van der Waals surface area contributed by atoms with Crippen molar-refractivity contribution in [1.29, 1.82) is 0 Å². The summed E-state index contributed by atoms with van der Waals surface area (Å²) in [5, 5.41) is 9.21. The lowest BCUT2D eigenvalue weighted by atomic mass is 9.95. The zero-order valence-electron chi connectivity index (χ0n) is 22.1. The lowest BCUT2D eigenvalue weighted by Gasteiger charge is -2.27. The van der Waals surface area contributed by atoms with E-state index in [1.54, 1.807) is 32.3 Å².